The highest BCUT2D eigenvalue weighted by Crippen LogP contribution is 2.28. The van der Waals surface area contributed by atoms with Crippen LogP contribution in [0.15, 0.2) is 63.6 Å². The van der Waals surface area contributed by atoms with Crippen LogP contribution in [-0.2, 0) is 11.3 Å². The fraction of sp³-hybridized carbons (Fsp3) is 0.125. The minimum absolute atomic E-state index is 0.183. The number of carbonyl (C=O) groups is 1. The standard InChI is InChI=1S/C24H17FN4O4/c1-13-3-5-16(6-4-13)22-27-20(29-32-22)12-31-24(30)18-11-19(15-7-9-17(25)10-8-15)26-23-21(18)14(2)28-33-23/h3-11H,12H2,1-2H3. The minimum atomic E-state index is -0.626. The Morgan fingerprint density at radius 1 is 0.939 bits per heavy atom. The van der Waals surface area contributed by atoms with Crippen LogP contribution in [0, 0.1) is 19.7 Å². The largest absolute Gasteiger partial charge is 0.454 e. The number of hydrogen-bond acceptors (Lipinski definition) is 8. The topological polar surface area (TPSA) is 104 Å². The lowest BCUT2D eigenvalue weighted by molar-refractivity contribution is 0.0462. The molecule has 3 aromatic heterocycles. The lowest BCUT2D eigenvalue weighted by atomic mass is 10.1. The van der Waals surface area contributed by atoms with Crippen molar-refractivity contribution in [1.82, 2.24) is 20.3 Å². The van der Waals surface area contributed by atoms with Gasteiger partial charge in [-0.2, -0.15) is 4.98 Å². The van der Waals surface area contributed by atoms with E-state index in [-0.39, 0.29) is 29.5 Å². The number of pyridine rings is 1. The van der Waals surface area contributed by atoms with E-state index in [4.69, 9.17) is 13.8 Å². The van der Waals surface area contributed by atoms with Gasteiger partial charge in [-0.3, -0.25) is 0 Å². The van der Waals surface area contributed by atoms with Gasteiger partial charge in [-0.1, -0.05) is 28.0 Å². The van der Waals surface area contributed by atoms with Crippen LogP contribution in [-0.4, -0.2) is 26.3 Å². The van der Waals surface area contributed by atoms with Gasteiger partial charge in [-0.15, -0.1) is 0 Å². The summed E-state index contributed by atoms with van der Waals surface area (Å²) < 4.78 is 29.3. The lowest BCUT2D eigenvalue weighted by Crippen LogP contribution is -2.08. The lowest BCUT2D eigenvalue weighted by Gasteiger charge is -2.07. The molecule has 0 atom stereocenters. The minimum Gasteiger partial charge on any atom is -0.454 e. The summed E-state index contributed by atoms with van der Waals surface area (Å²) in [7, 11) is 0. The Morgan fingerprint density at radius 3 is 2.42 bits per heavy atom. The van der Waals surface area contributed by atoms with Crippen LogP contribution >= 0.6 is 0 Å². The van der Waals surface area contributed by atoms with Crippen LogP contribution in [0.3, 0.4) is 0 Å². The molecular formula is C24H17FN4O4. The Kier molecular flexibility index (Phi) is 5.14. The van der Waals surface area contributed by atoms with E-state index in [1.807, 2.05) is 31.2 Å². The second kappa shape index (κ2) is 8.27. The summed E-state index contributed by atoms with van der Waals surface area (Å²) in [6.45, 7) is 3.50. The molecule has 0 saturated heterocycles. The predicted molar refractivity (Wildman–Crippen MR) is 116 cm³/mol. The molecule has 0 amide bonds. The van der Waals surface area contributed by atoms with Crippen LogP contribution in [0.25, 0.3) is 33.8 Å². The third-order valence-corrected chi connectivity index (χ3v) is 5.08. The monoisotopic (exact) mass is 444 g/mol. The molecule has 2 aromatic carbocycles. The average molecular weight is 444 g/mol. The molecule has 5 rings (SSSR count). The number of aryl methyl sites for hydroxylation is 2. The Labute approximate surface area is 187 Å². The predicted octanol–water partition coefficient (Wildman–Crippen LogP) is 5.05. The van der Waals surface area contributed by atoms with E-state index in [9.17, 15) is 9.18 Å². The highest BCUT2D eigenvalue weighted by molar-refractivity contribution is 6.04. The number of nitrogens with zero attached hydrogens (tertiary/aromatic N) is 4. The molecule has 8 nitrogen and oxygen atoms in total. The van der Waals surface area contributed by atoms with Gasteiger partial charge in [0.1, 0.15) is 5.82 Å². The molecule has 0 aliphatic carbocycles. The van der Waals surface area contributed by atoms with Gasteiger partial charge in [-0.25, -0.2) is 14.2 Å². The molecular weight excluding hydrogens is 427 g/mol. The molecule has 0 N–H and O–H groups in total. The Balaban J connectivity index is 1.41. The Hall–Kier alpha value is -4.40. The number of benzene rings is 2. The van der Waals surface area contributed by atoms with E-state index >= 15 is 0 Å². The maximum absolute atomic E-state index is 13.3. The zero-order valence-electron chi connectivity index (χ0n) is 17.7. The van der Waals surface area contributed by atoms with E-state index < -0.39 is 5.97 Å². The Bertz CT molecular complexity index is 1460. The highest BCUT2D eigenvalue weighted by Gasteiger charge is 2.21. The van der Waals surface area contributed by atoms with E-state index in [0.29, 0.717) is 28.2 Å². The van der Waals surface area contributed by atoms with Crippen LogP contribution in [0.4, 0.5) is 4.39 Å². The van der Waals surface area contributed by atoms with Crippen molar-refractivity contribution in [2.45, 2.75) is 20.5 Å². The summed E-state index contributed by atoms with van der Waals surface area (Å²) in [5, 5.41) is 8.23. The first-order valence-corrected chi connectivity index (χ1v) is 10.1. The molecule has 5 aromatic rings. The quantitative estimate of drug-likeness (QED) is 0.347. The van der Waals surface area contributed by atoms with Crippen molar-refractivity contribution in [2.75, 3.05) is 0 Å². The summed E-state index contributed by atoms with van der Waals surface area (Å²) in [6.07, 6.45) is 0. The fourth-order valence-corrected chi connectivity index (χ4v) is 3.36. The first kappa shape index (κ1) is 20.5. The summed E-state index contributed by atoms with van der Waals surface area (Å²) in [5.41, 5.74) is 3.82. The van der Waals surface area contributed by atoms with E-state index in [0.717, 1.165) is 11.1 Å². The van der Waals surface area contributed by atoms with Crippen molar-refractivity contribution in [3.8, 4) is 22.7 Å². The van der Waals surface area contributed by atoms with E-state index in [1.165, 1.54) is 12.1 Å². The van der Waals surface area contributed by atoms with Gasteiger partial charge in [0.2, 0.25) is 5.82 Å². The maximum Gasteiger partial charge on any atom is 0.339 e. The van der Waals surface area contributed by atoms with Crippen LogP contribution in [0.2, 0.25) is 0 Å². The van der Waals surface area contributed by atoms with Crippen molar-refractivity contribution in [1.29, 1.82) is 0 Å². The number of carbonyl (C=O) groups excluding carboxylic acids is 1. The number of fused-ring (bicyclic) bond motifs is 1. The van der Waals surface area contributed by atoms with Crippen molar-refractivity contribution < 1.29 is 23.0 Å². The van der Waals surface area contributed by atoms with E-state index in [2.05, 4.69) is 20.3 Å². The molecule has 33 heavy (non-hydrogen) atoms. The molecule has 164 valence electrons. The van der Waals surface area contributed by atoms with E-state index in [1.54, 1.807) is 25.1 Å². The van der Waals surface area contributed by atoms with Gasteiger partial charge in [-0.05, 0) is 56.3 Å². The van der Waals surface area contributed by atoms with Gasteiger partial charge < -0.3 is 13.8 Å². The van der Waals surface area contributed by atoms with Crippen LogP contribution in [0.1, 0.15) is 27.4 Å². The molecule has 0 aliphatic heterocycles. The van der Waals surface area contributed by atoms with Gasteiger partial charge in [0.25, 0.3) is 11.6 Å². The molecule has 9 heteroatoms. The summed E-state index contributed by atoms with van der Waals surface area (Å²) in [5.74, 6) is -0.440. The van der Waals surface area contributed by atoms with Crippen molar-refractivity contribution in [3.05, 3.63) is 83.1 Å². The van der Waals surface area contributed by atoms with Gasteiger partial charge in [0.05, 0.1) is 22.3 Å². The van der Waals surface area contributed by atoms with Gasteiger partial charge in [0, 0.05) is 11.1 Å². The van der Waals surface area contributed by atoms with Crippen molar-refractivity contribution in [2.24, 2.45) is 0 Å². The molecule has 0 aliphatic rings. The average Bonchev–Trinajstić information content (AvgIpc) is 3.45. The maximum atomic E-state index is 13.3. The number of aromatic nitrogens is 4. The number of ether oxygens (including phenoxy) is 1. The van der Waals surface area contributed by atoms with Gasteiger partial charge in [0.15, 0.2) is 6.61 Å². The van der Waals surface area contributed by atoms with Crippen LogP contribution in [0.5, 0.6) is 0 Å². The number of hydrogen-bond donors (Lipinski definition) is 0. The SMILES string of the molecule is Cc1ccc(-c2nc(COC(=O)c3cc(-c4ccc(F)cc4)nc4onc(C)c34)no2)cc1. The second-order valence-electron chi connectivity index (χ2n) is 7.47. The first-order chi connectivity index (χ1) is 16.0. The normalized spacial score (nSPS) is 11.1. The molecule has 0 unspecified atom stereocenters. The Morgan fingerprint density at radius 2 is 1.67 bits per heavy atom. The summed E-state index contributed by atoms with van der Waals surface area (Å²) in [4.78, 5) is 21.7. The van der Waals surface area contributed by atoms with Crippen LogP contribution < -0.4 is 0 Å². The zero-order chi connectivity index (χ0) is 22.9. The smallest absolute Gasteiger partial charge is 0.339 e. The molecule has 0 spiro atoms. The third-order valence-electron chi connectivity index (χ3n) is 5.08. The van der Waals surface area contributed by atoms with Crippen molar-refractivity contribution in [3.63, 3.8) is 0 Å². The van der Waals surface area contributed by atoms with Gasteiger partial charge >= 0.3 is 5.97 Å². The number of esters is 1. The van der Waals surface area contributed by atoms with Crippen molar-refractivity contribution >= 4 is 17.1 Å². The summed E-state index contributed by atoms with van der Waals surface area (Å²) >= 11 is 0. The molecule has 3 heterocycles. The number of rotatable bonds is 5. The highest BCUT2D eigenvalue weighted by atomic mass is 19.1. The summed E-state index contributed by atoms with van der Waals surface area (Å²) in [6, 6.07) is 14.9. The molecule has 0 fully saturated rings. The molecule has 0 bridgehead atoms. The second-order valence-corrected chi connectivity index (χ2v) is 7.47. The fourth-order valence-electron chi connectivity index (χ4n) is 3.36. The first-order valence-electron chi connectivity index (χ1n) is 10.1. The zero-order valence-corrected chi connectivity index (χ0v) is 17.7. The number of halogens is 1. The molecule has 0 radical (unpaired) electrons. The molecule has 0 saturated carbocycles. The third kappa shape index (κ3) is 4.08.